The highest BCUT2D eigenvalue weighted by molar-refractivity contribution is 7.14. The first-order chi connectivity index (χ1) is 13.1. The molecule has 0 fully saturated rings. The summed E-state index contributed by atoms with van der Waals surface area (Å²) in [6, 6.07) is 17.4. The fraction of sp³-hybridized carbons (Fsp3) is 0.182. The predicted octanol–water partition coefficient (Wildman–Crippen LogP) is 4.33. The summed E-state index contributed by atoms with van der Waals surface area (Å²) in [4.78, 5) is 19.8. The second-order valence-corrected chi connectivity index (χ2v) is 7.12. The van der Waals surface area contributed by atoms with Crippen molar-refractivity contribution in [3.8, 4) is 18.1 Å². The van der Waals surface area contributed by atoms with Crippen molar-refractivity contribution in [3.05, 3.63) is 75.7 Å². The summed E-state index contributed by atoms with van der Waals surface area (Å²) in [5, 5.41) is 0.938. The number of hydrogen-bond donors (Lipinski definition) is 0. The average Bonchev–Trinajstić information content (AvgIpc) is 3.06. The van der Waals surface area contributed by atoms with Gasteiger partial charge in [-0.1, -0.05) is 36.3 Å². The van der Waals surface area contributed by atoms with E-state index in [-0.39, 0.29) is 12.5 Å². The van der Waals surface area contributed by atoms with Crippen LogP contribution in [0, 0.1) is 19.3 Å². The van der Waals surface area contributed by atoms with E-state index in [2.05, 4.69) is 23.0 Å². The number of carbonyl (C=O) groups is 1. The molecule has 1 aromatic heterocycles. The fourth-order valence-corrected chi connectivity index (χ4v) is 3.73. The van der Waals surface area contributed by atoms with Gasteiger partial charge >= 0.3 is 0 Å². The zero-order valence-corrected chi connectivity index (χ0v) is 16.1. The number of carbonyl (C=O) groups excluding carboxylic acids is 1. The predicted molar refractivity (Wildman–Crippen MR) is 110 cm³/mol. The Labute approximate surface area is 163 Å². The summed E-state index contributed by atoms with van der Waals surface area (Å²) in [6.45, 7) is 2.10. The highest BCUT2D eigenvalue weighted by atomic mass is 32.1. The van der Waals surface area contributed by atoms with Gasteiger partial charge in [-0.3, -0.25) is 4.79 Å². The molecule has 1 amide bonds. The molecule has 4 nitrogen and oxygen atoms in total. The van der Waals surface area contributed by atoms with E-state index in [1.165, 1.54) is 16.9 Å². The second-order valence-electron chi connectivity index (χ2n) is 6.04. The smallest absolute Gasteiger partial charge is 0.270 e. The molecule has 0 spiro atoms. The van der Waals surface area contributed by atoms with E-state index >= 15 is 0 Å². The van der Waals surface area contributed by atoms with Gasteiger partial charge < -0.3 is 9.64 Å². The molecule has 0 N–H and O–H groups in total. The van der Waals surface area contributed by atoms with Crippen LogP contribution in [0.2, 0.25) is 0 Å². The van der Waals surface area contributed by atoms with Crippen LogP contribution in [-0.4, -0.2) is 24.5 Å². The maximum Gasteiger partial charge on any atom is 0.270 e. The Morgan fingerprint density at radius 1 is 1.19 bits per heavy atom. The number of amides is 1. The molecular weight excluding hydrogens is 356 g/mol. The number of thiazole rings is 1. The number of aromatic nitrogens is 1. The van der Waals surface area contributed by atoms with Crippen molar-refractivity contribution in [2.45, 2.75) is 13.3 Å². The Bertz CT molecular complexity index is 956. The van der Waals surface area contributed by atoms with Gasteiger partial charge in [0.1, 0.15) is 17.2 Å². The summed E-state index contributed by atoms with van der Waals surface area (Å²) in [6.07, 6.45) is 5.92. The number of terminal acetylenes is 1. The Balaban J connectivity index is 1.74. The van der Waals surface area contributed by atoms with Crippen LogP contribution in [0.15, 0.2) is 54.6 Å². The van der Waals surface area contributed by atoms with E-state index in [0.29, 0.717) is 10.6 Å². The molecule has 0 aliphatic heterocycles. The lowest BCUT2D eigenvalue weighted by Gasteiger charge is -2.17. The van der Waals surface area contributed by atoms with Crippen molar-refractivity contribution in [2.24, 2.45) is 0 Å². The Kier molecular flexibility index (Phi) is 5.90. The first kappa shape index (κ1) is 18.7. The molecule has 1 heterocycles. The van der Waals surface area contributed by atoms with Crippen LogP contribution < -0.4 is 9.64 Å². The van der Waals surface area contributed by atoms with Gasteiger partial charge in [0, 0.05) is 19.2 Å². The van der Waals surface area contributed by atoms with Gasteiger partial charge in [0.15, 0.2) is 0 Å². The van der Waals surface area contributed by atoms with Crippen LogP contribution in [0.5, 0.6) is 5.75 Å². The van der Waals surface area contributed by atoms with Crippen LogP contribution in [0.1, 0.15) is 25.9 Å². The monoisotopic (exact) mass is 376 g/mol. The minimum Gasteiger partial charge on any atom is -0.481 e. The molecule has 0 unspecified atom stereocenters. The Morgan fingerprint density at radius 3 is 2.56 bits per heavy atom. The van der Waals surface area contributed by atoms with Gasteiger partial charge in [-0.2, -0.15) is 0 Å². The van der Waals surface area contributed by atoms with E-state index in [0.717, 1.165) is 22.8 Å². The number of ether oxygens (including phenoxy) is 1. The molecule has 0 bridgehead atoms. The lowest BCUT2D eigenvalue weighted by atomic mass is 10.2. The van der Waals surface area contributed by atoms with E-state index in [1.807, 2.05) is 37.3 Å². The highest BCUT2D eigenvalue weighted by Gasteiger charge is 2.20. The first-order valence-electron chi connectivity index (χ1n) is 8.53. The van der Waals surface area contributed by atoms with Crippen LogP contribution in [0.25, 0.3) is 0 Å². The number of rotatable bonds is 6. The minimum atomic E-state index is -0.0680. The highest BCUT2D eigenvalue weighted by Crippen LogP contribution is 2.25. The zero-order valence-electron chi connectivity index (χ0n) is 15.3. The third kappa shape index (κ3) is 4.55. The summed E-state index contributed by atoms with van der Waals surface area (Å²) in [5.41, 5.74) is 2.73. The molecule has 0 aliphatic carbocycles. The molecule has 2 aromatic carbocycles. The number of nitrogens with zero attached hydrogens (tertiary/aromatic N) is 2. The quantitative estimate of drug-likeness (QED) is 0.601. The van der Waals surface area contributed by atoms with Gasteiger partial charge in [0.05, 0.1) is 10.7 Å². The van der Waals surface area contributed by atoms with Crippen molar-refractivity contribution >= 4 is 22.9 Å². The average molecular weight is 376 g/mol. The molecule has 136 valence electrons. The van der Waals surface area contributed by atoms with Gasteiger partial charge in [-0.25, -0.2) is 4.98 Å². The Hall–Kier alpha value is -3.10. The summed E-state index contributed by atoms with van der Waals surface area (Å²) in [5.74, 6) is 3.04. The minimum absolute atomic E-state index is 0.0680. The molecule has 27 heavy (non-hydrogen) atoms. The number of aryl methyl sites for hydroxylation is 1. The van der Waals surface area contributed by atoms with Crippen LogP contribution >= 0.6 is 11.3 Å². The first-order valence-corrected chi connectivity index (χ1v) is 9.34. The van der Waals surface area contributed by atoms with Crippen molar-refractivity contribution in [3.63, 3.8) is 0 Å². The van der Waals surface area contributed by atoms with Crippen LogP contribution in [-0.2, 0) is 6.42 Å². The Morgan fingerprint density at radius 2 is 1.89 bits per heavy atom. The second kappa shape index (κ2) is 8.52. The topological polar surface area (TPSA) is 42.4 Å². The standard InChI is InChI=1S/C22H20N2O2S/c1-4-14-26-19-12-10-18(11-13-19)24(3)22(25)21-16(2)23-20(27-21)15-17-8-6-5-7-9-17/h1,5-13H,14-15H2,2-3H3. The third-order valence-electron chi connectivity index (χ3n) is 4.08. The van der Waals surface area contributed by atoms with Crippen molar-refractivity contribution < 1.29 is 9.53 Å². The van der Waals surface area contributed by atoms with Gasteiger partial charge in [-0.05, 0) is 36.8 Å². The van der Waals surface area contributed by atoms with Crippen LogP contribution in [0.4, 0.5) is 5.69 Å². The number of anilines is 1. The van der Waals surface area contributed by atoms with Crippen molar-refractivity contribution in [2.75, 3.05) is 18.6 Å². The number of hydrogen-bond acceptors (Lipinski definition) is 4. The summed E-state index contributed by atoms with van der Waals surface area (Å²) in [7, 11) is 1.76. The molecular formula is C22H20N2O2S. The van der Waals surface area contributed by atoms with E-state index < -0.39 is 0 Å². The zero-order chi connectivity index (χ0) is 19.2. The van der Waals surface area contributed by atoms with E-state index in [9.17, 15) is 4.79 Å². The fourth-order valence-electron chi connectivity index (χ4n) is 2.66. The molecule has 0 radical (unpaired) electrons. The molecule has 0 saturated heterocycles. The molecule has 3 aromatic rings. The van der Waals surface area contributed by atoms with Gasteiger partial charge in [0.2, 0.25) is 0 Å². The normalized spacial score (nSPS) is 10.3. The van der Waals surface area contributed by atoms with Gasteiger partial charge in [-0.15, -0.1) is 17.8 Å². The molecule has 5 heteroatoms. The lowest BCUT2D eigenvalue weighted by molar-refractivity contribution is 0.0996. The number of benzene rings is 2. The maximum atomic E-state index is 12.9. The largest absolute Gasteiger partial charge is 0.481 e. The molecule has 0 aliphatic rings. The maximum absolute atomic E-state index is 12.9. The third-order valence-corrected chi connectivity index (χ3v) is 5.23. The molecule has 3 rings (SSSR count). The lowest BCUT2D eigenvalue weighted by Crippen LogP contribution is -2.25. The van der Waals surface area contributed by atoms with Crippen molar-refractivity contribution in [1.82, 2.24) is 4.98 Å². The molecule has 0 atom stereocenters. The SMILES string of the molecule is C#CCOc1ccc(N(C)C(=O)c2sc(Cc3ccccc3)nc2C)cc1. The van der Waals surface area contributed by atoms with E-state index in [1.54, 1.807) is 24.1 Å². The van der Waals surface area contributed by atoms with Crippen molar-refractivity contribution in [1.29, 1.82) is 0 Å². The summed E-state index contributed by atoms with van der Waals surface area (Å²) < 4.78 is 5.37. The summed E-state index contributed by atoms with van der Waals surface area (Å²) >= 11 is 1.45. The molecule has 0 saturated carbocycles. The van der Waals surface area contributed by atoms with Crippen LogP contribution in [0.3, 0.4) is 0 Å². The van der Waals surface area contributed by atoms with Gasteiger partial charge in [0.25, 0.3) is 5.91 Å². The van der Waals surface area contributed by atoms with E-state index in [4.69, 9.17) is 11.2 Å².